The summed E-state index contributed by atoms with van der Waals surface area (Å²) in [6.07, 6.45) is 8.79. The number of ether oxygens (including phenoxy) is 2. The average molecular weight is 224 g/mol. The molecule has 1 saturated heterocycles. The highest BCUT2D eigenvalue weighted by Crippen LogP contribution is 2.59. The minimum absolute atomic E-state index is 0.0839. The molecule has 0 amide bonds. The van der Waals surface area contributed by atoms with E-state index in [1.165, 1.54) is 19.3 Å². The summed E-state index contributed by atoms with van der Waals surface area (Å²) >= 11 is 0. The molecule has 3 fully saturated rings. The average Bonchev–Trinajstić information content (AvgIpc) is 3.18. The molecule has 0 bridgehead atoms. The highest BCUT2D eigenvalue weighted by atomic mass is 16.7. The van der Waals surface area contributed by atoms with Crippen molar-refractivity contribution in [3.63, 3.8) is 0 Å². The van der Waals surface area contributed by atoms with Crippen molar-refractivity contribution >= 4 is 5.97 Å². The summed E-state index contributed by atoms with van der Waals surface area (Å²) in [6.45, 7) is 2.04. The van der Waals surface area contributed by atoms with Gasteiger partial charge in [-0.1, -0.05) is 26.2 Å². The van der Waals surface area contributed by atoms with Gasteiger partial charge in [0.05, 0.1) is 0 Å². The van der Waals surface area contributed by atoms with E-state index >= 15 is 0 Å². The molecule has 1 unspecified atom stereocenters. The Morgan fingerprint density at radius 1 is 1.31 bits per heavy atom. The Morgan fingerprint density at radius 2 is 2.00 bits per heavy atom. The second-order valence-corrected chi connectivity index (χ2v) is 5.44. The quantitative estimate of drug-likeness (QED) is 0.546. The summed E-state index contributed by atoms with van der Waals surface area (Å²) in [6, 6.07) is 0. The van der Waals surface area contributed by atoms with Crippen molar-refractivity contribution in [1.29, 1.82) is 0 Å². The van der Waals surface area contributed by atoms with Gasteiger partial charge in [0, 0.05) is 0 Å². The normalized spacial score (nSPS) is 36.1. The first kappa shape index (κ1) is 10.6. The zero-order valence-electron chi connectivity index (χ0n) is 9.96. The monoisotopic (exact) mass is 224 g/mol. The zero-order chi connectivity index (χ0) is 11.2. The number of rotatable bonds is 3. The molecule has 2 aliphatic carbocycles. The van der Waals surface area contributed by atoms with E-state index in [1.54, 1.807) is 0 Å². The molecule has 1 aliphatic heterocycles. The van der Waals surface area contributed by atoms with E-state index in [0.717, 1.165) is 32.1 Å². The molecule has 3 rings (SSSR count). The fraction of sp³-hybridized carbons (Fsp3) is 0.923. The lowest BCUT2D eigenvalue weighted by Gasteiger charge is -2.22. The SMILES string of the molecule is CCC1(C(=O)OC2CC2)OC12CCCCC2. The van der Waals surface area contributed by atoms with Gasteiger partial charge in [-0.25, -0.2) is 4.79 Å². The van der Waals surface area contributed by atoms with Gasteiger partial charge in [0.2, 0.25) is 0 Å². The van der Waals surface area contributed by atoms with Crippen LogP contribution in [0.3, 0.4) is 0 Å². The van der Waals surface area contributed by atoms with Crippen LogP contribution in [0.25, 0.3) is 0 Å². The second kappa shape index (κ2) is 3.46. The third-order valence-electron chi connectivity index (χ3n) is 4.35. The predicted molar refractivity (Wildman–Crippen MR) is 59.0 cm³/mol. The highest BCUT2D eigenvalue weighted by molar-refractivity contribution is 5.85. The zero-order valence-corrected chi connectivity index (χ0v) is 9.96. The van der Waals surface area contributed by atoms with Crippen LogP contribution in [-0.4, -0.2) is 23.3 Å². The molecule has 3 heteroatoms. The molecule has 0 aromatic heterocycles. The fourth-order valence-electron chi connectivity index (χ4n) is 3.14. The highest BCUT2D eigenvalue weighted by Gasteiger charge is 2.74. The van der Waals surface area contributed by atoms with Gasteiger partial charge in [-0.15, -0.1) is 0 Å². The molecule has 1 spiro atoms. The van der Waals surface area contributed by atoms with Gasteiger partial charge >= 0.3 is 5.97 Å². The molecule has 0 radical (unpaired) electrons. The Balaban J connectivity index is 1.72. The maximum Gasteiger partial charge on any atom is 0.341 e. The Labute approximate surface area is 96.5 Å². The van der Waals surface area contributed by atoms with E-state index < -0.39 is 5.60 Å². The summed E-state index contributed by atoms with van der Waals surface area (Å²) in [5, 5.41) is 0. The number of hydrogen-bond acceptors (Lipinski definition) is 3. The largest absolute Gasteiger partial charge is 0.460 e. The number of carbonyl (C=O) groups excluding carboxylic acids is 1. The van der Waals surface area contributed by atoms with Crippen LogP contribution < -0.4 is 0 Å². The van der Waals surface area contributed by atoms with Gasteiger partial charge in [-0.2, -0.15) is 0 Å². The molecule has 1 heterocycles. The second-order valence-electron chi connectivity index (χ2n) is 5.44. The van der Waals surface area contributed by atoms with Crippen LogP contribution in [-0.2, 0) is 14.3 Å². The van der Waals surface area contributed by atoms with Crippen LogP contribution in [0.5, 0.6) is 0 Å². The molecular weight excluding hydrogens is 204 g/mol. The number of esters is 1. The summed E-state index contributed by atoms with van der Waals surface area (Å²) < 4.78 is 11.3. The molecule has 90 valence electrons. The van der Waals surface area contributed by atoms with Gasteiger partial charge in [0.25, 0.3) is 0 Å². The molecule has 1 atom stereocenters. The number of epoxide rings is 1. The maximum atomic E-state index is 12.1. The first-order valence-electron chi connectivity index (χ1n) is 6.64. The Bertz CT molecular complexity index is 302. The van der Waals surface area contributed by atoms with Crippen LogP contribution in [0.15, 0.2) is 0 Å². The van der Waals surface area contributed by atoms with Gasteiger partial charge in [-0.05, 0) is 32.1 Å². The smallest absolute Gasteiger partial charge is 0.341 e. The molecule has 0 N–H and O–H groups in total. The van der Waals surface area contributed by atoms with E-state index in [-0.39, 0.29) is 17.7 Å². The summed E-state index contributed by atoms with van der Waals surface area (Å²) in [5.41, 5.74) is -0.720. The molecule has 0 aromatic carbocycles. The molecule has 3 aliphatic rings. The Morgan fingerprint density at radius 3 is 2.56 bits per heavy atom. The molecule has 0 aromatic rings. The minimum Gasteiger partial charge on any atom is -0.460 e. The Hall–Kier alpha value is -0.570. The maximum absolute atomic E-state index is 12.1. The van der Waals surface area contributed by atoms with Gasteiger partial charge < -0.3 is 9.47 Å². The van der Waals surface area contributed by atoms with Crippen LogP contribution >= 0.6 is 0 Å². The van der Waals surface area contributed by atoms with Crippen LogP contribution in [0.1, 0.15) is 58.3 Å². The standard InChI is InChI=1S/C13H20O3/c1-2-13(11(14)15-10-6-7-10)12(16-13)8-4-3-5-9-12/h10H,2-9H2,1H3. The molecule has 2 saturated carbocycles. The minimum atomic E-state index is -0.573. The third-order valence-corrected chi connectivity index (χ3v) is 4.35. The molecule has 3 nitrogen and oxygen atoms in total. The Kier molecular flexibility index (Phi) is 2.29. The first-order valence-corrected chi connectivity index (χ1v) is 6.64. The van der Waals surface area contributed by atoms with Crippen molar-refractivity contribution in [2.45, 2.75) is 75.6 Å². The van der Waals surface area contributed by atoms with E-state index in [9.17, 15) is 4.79 Å². The van der Waals surface area contributed by atoms with Gasteiger partial charge in [-0.3, -0.25) is 0 Å². The topological polar surface area (TPSA) is 38.8 Å². The van der Waals surface area contributed by atoms with E-state index in [2.05, 4.69) is 0 Å². The lowest BCUT2D eigenvalue weighted by atomic mass is 9.79. The van der Waals surface area contributed by atoms with Crippen molar-refractivity contribution in [3.8, 4) is 0 Å². The lowest BCUT2D eigenvalue weighted by Crippen LogP contribution is -2.37. The summed E-state index contributed by atoms with van der Waals surface area (Å²) in [5.74, 6) is -0.0839. The lowest BCUT2D eigenvalue weighted by molar-refractivity contribution is -0.151. The van der Waals surface area contributed by atoms with Crippen molar-refractivity contribution in [3.05, 3.63) is 0 Å². The summed E-state index contributed by atoms with van der Waals surface area (Å²) in [7, 11) is 0. The van der Waals surface area contributed by atoms with Crippen molar-refractivity contribution in [1.82, 2.24) is 0 Å². The van der Waals surface area contributed by atoms with E-state index in [4.69, 9.17) is 9.47 Å². The van der Waals surface area contributed by atoms with Crippen LogP contribution in [0, 0.1) is 0 Å². The third kappa shape index (κ3) is 1.41. The number of hydrogen-bond donors (Lipinski definition) is 0. The summed E-state index contributed by atoms with van der Waals surface area (Å²) in [4.78, 5) is 12.1. The first-order chi connectivity index (χ1) is 7.72. The van der Waals surface area contributed by atoms with Gasteiger partial charge in [0.1, 0.15) is 11.7 Å². The predicted octanol–water partition coefficient (Wildman–Crippen LogP) is 2.57. The fourth-order valence-corrected chi connectivity index (χ4v) is 3.14. The van der Waals surface area contributed by atoms with Crippen LogP contribution in [0.2, 0.25) is 0 Å². The number of carbonyl (C=O) groups is 1. The van der Waals surface area contributed by atoms with Crippen molar-refractivity contribution < 1.29 is 14.3 Å². The van der Waals surface area contributed by atoms with E-state index in [1.807, 2.05) is 6.92 Å². The van der Waals surface area contributed by atoms with Crippen LogP contribution in [0.4, 0.5) is 0 Å². The van der Waals surface area contributed by atoms with Crippen molar-refractivity contribution in [2.24, 2.45) is 0 Å². The van der Waals surface area contributed by atoms with Crippen molar-refractivity contribution in [2.75, 3.05) is 0 Å². The van der Waals surface area contributed by atoms with Gasteiger partial charge in [0.15, 0.2) is 5.60 Å². The molecule has 16 heavy (non-hydrogen) atoms. The molecular formula is C13H20O3. The van der Waals surface area contributed by atoms with E-state index in [0.29, 0.717) is 0 Å².